The van der Waals surface area contributed by atoms with Crippen molar-refractivity contribution >= 4 is 23.5 Å². The average Bonchev–Trinajstić information content (AvgIpc) is 3.20. The molecule has 3 aliphatic rings. The predicted octanol–water partition coefficient (Wildman–Crippen LogP) is 4.85. The lowest BCUT2D eigenvalue weighted by molar-refractivity contribution is -0.322. The number of allylic oxidation sites excluding steroid dienone is 8. The van der Waals surface area contributed by atoms with Gasteiger partial charge in [-0.25, -0.2) is 9.59 Å². The van der Waals surface area contributed by atoms with Crippen molar-refractivity contribution in [2.75, 3.05) is 0 Å². The van der Waals surface area contributed by atoms with Gasteiger partial charge in [0.2, 0.25) is 23.8 Å². The van der Waals surface area contributed by atoms with E-state index in [4.69, 9.17) is 18.9 Å². The Morgan fingerprint density at radius 1 is 0.483 bits per heavy atom. The fourth-order valence-corrected chi connectivity index (χ4v) is 7.82. The lowest BCUT2D eigenvalue weighted by atomic mass is 9.82. The lowest BCUT2D eigenvalue weighted by Crippen LogP contribution is -2.59. The molecule has 0 aromatic rings. The molecule has 14 atom stereocenters. The molecule has 0 aromatic carbocycles. The number of cyclic esters (lactones) is 2. The normalized spacial score (nSPS) is 42.3. The molecule has 2 fully saturated rings. The minimum Gasteiger partial charge on any atom is -0.461 e. The molecule has 0 spiro atoms. The van der Waals surface area contributed by atoms with Crippen molar-refractivity contribution in [3.05, 3.63) is 48.6 Å². The molecule has 340 valence electrons. The van der Waals surface area contributed by atoms with E-state index >= 15 is 0 Å². The molecule has 6 unspecified atom stereocenters. The van der Waals surface area contributed by atoms with Gasteiger partial charge in [-0.15, -0.1) is 0 Å². The second-order valence-corrected chi connectivity index (χ2v) is 17.3. The van der Waals surface area contributed by atoms with E-state index in [0.717, 1.165) is 0 Å². The summed E-state index contributed by atoms with van der Waals surface area (Å²) in [5.41, 5.74) is 0. The second-order valence-electron chi connectivity index (χ2n) is 17.3. The maximum absolute atomic E-state index is 13.1. The number of hydrogen-bond donors (Lipinski definition) is 6. The standard InChI is InChI=1S/C46H72O14/c1-29-23-25-39-33(5)37(49)27-35(47)21-17-13-10-8-12-16-20-32(4)58-44(54)42(52)46(56)30(2)24-26-40(60-46)34(6)38(50)28-36(48)22-18-14-9-7-11-15-19-31(3)57-43(53)41(51)45(29,55)59-39/h7-14,29-36,39-42,47-48,51-52,55-56H,15-28H2,1-6H3/b11-7-,12-8-,13-10+,14-9+/t29-,30-,31?,32?,33?,34?,35?,36?,39+,40+,41-,42-,45-,46-/m1/s1. The van der Waals surface area contributed by atoms with Crippen LogP contribution >= 0.6 is 0 Å². The lowest BCUT2D eigenvalue weighted by Gasteiger charge is -2.45. The van der Waals surface area contributed by atoms with Gasteiger partial charge in [0.05, 0.1) is 36.6 Å². The Morgan fingerprint density at radius 3 is 1.13 bits per heavy atom. The summed E-state index contributed by atoms with van der Waals surface area (Å²) < 4.78 is 22.7. The van der Waals surface area contributed by atoms with E-state index in [1.807, 2.05) is 36.5 Å². The molecule has 0 aliphatic carbocycles. The summed E-state index contributed by atoms with van der Waals surface area (Å²) in [5.74, 6) is -9.77. The van der Waals surface area contributed by atoms with Gasteiger partial charge >= 0.3 is 11.9 Å². The summed E-state index contributed by atoms with van der Waals surface area (Å²) in [7, 11) is 0. The maximum atomic E-state index is 13.1. The largest absolute Gasteiger partial charge is 0.461 e. The van der Waals surface area contributed by atoms with Crippen molar-refractivity contribution in [3.63, 3.8) is 0 Å². The van der Waals surface area contributed by atoms with E-state index in [1.54, 1.807) is 53.7 Å². The van der Waals surface area contributed by atoms with E-state index in [2.05, 4.69) is 0 Å². The van der Waals surface area contributed by atoms with Crippen LogP contribution in [0.5, 0.6) is 0 Å². The van der Waals surface area contributed by atoms with Crippen LogP contribution in [-0.2, 0) is 38.1 Å². The van der Waals surface area contributed by atoms with Gasteiger partial charge in [-0.05, 0) is 90.9 Å². The number of fused-ring (bicyclic) bond motifs is 4. The van der Waals surface area contributed by atoms with Crippen LogP contribution in [0, 0.1) is 23.7 Å². The van der Waals surface area contributed by atoms with Crippen LogP contribution in [0.3, 0.4) is 0 Å². The summed E-state index contributed by atoms with van der Waals surface area (Å²) >= 11 is 0. The molecular weight excluding hydrogens is 776 g/mol. The summed E-state index contributed by atoms with van der Waals surface area (Å²) in [6.07, 6.45) is 11.1. The van der Waals surface area contributed by atoms with Crippen LogP contribution in [0.15, 0.2) is 48.6 Å². The molecule has 0 amide bonds. The van der Waals surface area contributed by atoms with Crippen molar-refractivity contribution in [3.8, 4) is 0 Å². The first-order valence-corrected chi connectivity index (χ1v) is 21.9. The average molecular weight is 849 g/mol. The number of Topliss-reactive ketones (excluding diaryl/α,β-unsaturated/α-hetero) is 2. The van der Waals surface area contributed by atoms with Gasteiger partial charge in [-0.1, -0.05) is 76.3 Å². The fraction of sp³-hybridized carbons (Fsp3) is 0.739. The zero-order chi connectivity index (χ0) is 44.6. The summed E-state index contributed by atoms with van der Waals surface area (Å²) in [6.45, 7) is 9.96. The van der Waals surface area contributed by atoms with E-state index in [1.165, 1.54) is 0 Å². The monoisotopic (exact) mass is 848 g/mol. The zero-order valence-corrected chi connectivity index (χ0v) is 36.4. The first-order valence-electron chi connectivity index (χ1n) is 21.9. The molecule has 0 saturated carbocycles. The Morgan fingerprint density at radius 2 is 0.800 bits per heavy atom. The Kier molecular flexibility index (Phi) is 21.0. The van der Waals surface area contributed by atoms with Crippen LogP contribution < -0.4 is 0 Å². The van der Waals surface area contributed by atoms with Crippen molar-refractivity contribution in [1.82, 2.24) is 0 Å². The predicted molar refractivity (Wildman–Crippen MR) is 223 cm³/mol. The molecule has 3 rings (SSSR count). The van der Waals surface area contributed by atoms with E-state index in [9.17, 15) is 49.8 Å². The number of rotatable bonds is 0. The number of esters is 2. The van der Waals surface area contributed by atoms with Crippen molar-refractivity contribution < 1.29 is 68.8 Å². The SMILES string of the molecule is CC1CC/C=C\C=C\CCC(O)CC(=O)C(C)[C@@H]2CC[C@@H](C)[C@@](O)(O2)[C@H](O)C(=O)OC(C)CC/C=C\C=C\CCC(O)CC(=O)C(C)[C@@H]2CC[C@@H](C)[C@@](O)(O2)[C@H](O)C(=O)O1. The first-order chi connectivity index (χ1) is 28.3. The summed E-state index contributed by atoms with van der Waals surface area (Å²) in [6, 6.07) is 0. The molecular formula is C46H72O14. The number of carbonyl (C=O) groups excluding carboxylic acids is 4. The van der Waals surface area contributed by atoms with Gasteiger partial charge in [0.1, 0.15) is 11.6 Å². The van der Waals surface area contributed by atoms with Crippen LogP contribution in [0.4, 0.5) is 0 Å². The van der Waals surface area contributed by atoms with Crippen molar-refractivity contribution in [2.45, 2.75) is 192 Å². The van der Waals surface area contributed by atoms with Crippen LogP contribution in [0.25, 0.3) is 0 Å². The number of ether oxygens (including phenoxy) is 4. The maximum Gasteiger partial charge on any atom is 0.340 e. The Bertz CT molecular complexity index is 1400. The number of aliphatic hydroxyl groups excluding tert-OH is 4. The van der Waals surface area contributed by atoms with E-state index in [-0.39, 0.29) is 24.4 Å². The van der Waals surface area contributed by atoms with Gasteiger partial charge in [0.15, 0.2) is 0 Å². The van der Waals surface area contributed by atoms with E-state index in [0.29, 0.717) is 77.0 Å². The van der Waals surface area contributed by atoms with Gasteiger partial charge in [-0.3, -0.25) is 9.59 Å². The molecule has 4 bridgehead atoms. The number of carbonyl (C=O) groups is 4. The first kappa shape index (κ1) is 51.3. The molecule has 14 nitrogen and oxygen atoms in total. The summed E-state index contributed by atoms with van der Waals surface area (Å²) in [5, 5.41) is 66.0. The van der Waals surface area contributed by atoms with Crippen LogP contribution in [-0.4, -0.2) is 115 Å². The van der Waals surface area contributed by atoms with Gasteiger partial charge in [-0.2, -0.15) is 0 Å². The van der Waals surface area contributed by atoms with Gasteiger partial charge in [0.25, 0.3) is 0 Å². The zero-order valence-electron chi connectivity index (χ0n) is 36.4. The minimum atomic E-state index is -2.26. The number of ketones is 2. The third-order valence-electron chi connectivity index (χ3n) is 12.3. The molecule has 0 aromatic heterocycles. The number of hydrogen-bond acceptors (Lipinski definition) is 14. The van der Waals surface area contributed by atoms with Crippen LogP contribution in [0.2, 0.25) is 0 Å². The highest BCUT2D eigenvalue weighted by molar-refractivity contribution is 5.82. The minimum absolute atomic E-state index is 0.124. The molecule has 3 heterocycles. The highest BCUT2D eigenvalue weighted by Gasteiger charge is 2.53. The van der Waals surface area contributed by atoms with E-state index < -0.39 is 96.0 Å². The fourth-order valence-electron chi connectivity index (χ4n) is 7.82. The molecule has 3 aliphatic heterocycles. The summed E-state index contributed by atoms with van der Waals surface area (Å²) in [4.78, 5) is 52.2. The molecule has 60 heavy (non-hydrogen) atoms. The number of aliphatic hydroxyl groups is 6. The van der Waals surface area contributed by atoms with Crippen LogP contribution in [0.1, 0.15) is 131 Å². The Balaban J connectivity index is 1.67. The Labute approximate surface area is 355 Å². The highest BCUT2D eigenvalue weighted by atomic mass is 16.7. The Hall–Kier alpha value is -3.08. The van der Waals surface area contributed by atoms with Gasteiger partial charge < -0.3 is 49.6 Å². The third-order valence-corrected chi connectivity index (χ3v) is 12.3. The quantitative estimate of drug-likeness (QED) is 0.179. The third kappa shape index (κ3) is 15.1. The van der Waals surface area contributed by atoms with Crippen molar-refractivity contribution in [1.29, 1.82) is 0 Å². The van der Waals surface area contributed by atoms with Gasteiger partial charge in [0, 0.05) is 36.5 Å². The molecule has 6 N–H and O–H groups in total. The molecule has 14 heteroatoms. The topological polar surface area (TPSA) is 227 Å². The van der Waals surface area contributed by atoms with Crippen molar-refractivity contribution in [2.24, 2.45) is 23.7 Å². The smallest absolute Gasteiger partial charge is 0.340 e. The second kappa shape index (κ2) is 24.5. The molecule has 0 radical (unpaired) electrons. The molecule has 2 saturated heterocycles. The highest BCUT2D eigenvalue weighted by Crippen LogP contribution is 2.39.